The number of nitriles is 1. The molecule has 2 heterocycles. The lowest BCUT2D eigenvalue weighted by Gasteiger charge is -2.17. The number of benzene rings is 1. The van der Waals surface area contributed by atoms with Crippen LogP contribution in [0.3, 0.4) is 0 Å². The van der Waals surface area contributed by atoms with Crippen molar-refractivity contribution < 1.29 is 9.15 Å². The van der Waals surface area contributed by atoms with E-state index in [4.69, 9.17) is 20.1 Å². The summed E-state index contributed by atoms with van der Waals surface area (Å²) in [6.07, 6.45) is 3.55. The topological polar surface area (TPSA) is 72.2 Å². The molecule has 0 saturated heterocycles. The summed E-state index contributed by atoms with van der Waals surface area (Å²) in [5.41, 5.74) is 8.86. The number of anilines is 1. The normalized spacial score (nSPS) is 13.5. The van der Waals surface area contributed by atoms with Gasteiger partial charge in [-0.25, -0.2) is 0 Å². The van der Waals surface area contributed by atoms with Crippen LogP contribution in [0, 0.1) is 11.3 Å². The lowest BCUT2D eigenvalue weighted by Crippen LogP contribution is -2.08. The van der Waals surface area contributed by atoms with Gasteiger partial charge in [0.05, 0.1) is 6.61 Å². The van der Waals surface area contributed by atoms with Crippen molar-refractivity contribution in [1.82, 2.24) is 0 Å². The third-order valence-electron chi connectivity index (χ3n) is 3.15. The monoisotopic (exact) mass is 240 g/mol. The van der Waals surface area contributed by atoms with E-state index in [0.717, 1.165) is 36.3 Å². The largest absolute Gasteiger partial charge is 0.493 e. The van der Waals surface area contributed by atoms with Gasteiger partial charge in [-0.2, -0.15) is 5.26 Å². The average Bonchev–Trinajstić information content (AvgIpc) is 2.79. The molecule has 0 aliphatic carbocycles. The Bertz CT molecular complexity index is 638. The minimum absolute atomic E-state index is 0.168. The maximum atomic E-state index is 9.07. The van der Waals surface area contributed by atoms with Crippen molar-refractivity contribution in [2.45, 2.75) is 12.8 Å². The Labute approximate surface area is 105 Å². The summed E-state index contributed by atoms with van der Waals surface area (Å²) in [5.74, 6) is 1.10. The second-order valence-corrected chi connectivity index (χ2v) is 4.27. The molecule has 90 valence electrons. The zero-order valence-corrected chi connectivity index (χ0v) is 9.77. The first-order valence-electron chi connectivity index (χ1n) is 5.83. The molecule has 1 aromatic heterocycles. The fourth-order valence-corrected chi connectivity index (χ4v) is 2.23. The molecule has 2 aromatic rings. The van der Waals surface area contributed by atoms with Gasteiger partial charge in [-0.1, -0.05) is 6.07 Å². The second-order valence-electron chi connectivity index (χ2n) is 4.27. The number of hydrogen-bond acceptors (Lipinski definition) is 4. The lowest BCUT2D eigenvalue weighted by molar-refractivity contribution is 0.288. The Kier molecular flexibility index (Phi) is 2.45. The van der Waals surface area contributed by atoms with Crippen LogP contribution in [-0.4, -0.2) is 6.61 Å². The molecule has 3 rings (SSSR count). The molecule has 0 fully saturated rings. The molecule has 1 aliphatic rings. The fraction of sp³-hybridized carbons (Fsp3) is 0.214. The van der Waals surface area contributed by atoms with Gasteiger partial charge >= 0.3 is 0 Å². The van der Waals surface area contributed by atoms with Gasteiger partial charge in [-0.3, -0.25) is 0 Å². The molecule has 4 heteroatoms. The van der Waals surface area contributed by atoms with E-state index in [1.165, 1.54) is 11.8 Å². The van der Waals surface area contributed by atoms with E-state index in [2.05, 4.69) is 6.07 Å². The number of rotatable bonds is 1. The Balaban J connectivity index is 2.10. The minimum atomic E-state index is 0.168. The van der Waals surface area contributed by atoms with Crippen LogP contribution in [0.2, 0.25) is 0 Å². The molecule has 1 aliphatic heterocycles. The smallest absolute Gasteiger partial charge is 0.208 e. The van der Waals surface area contributed by atoms with Gasteiger partial charge < -0.3 is 14.9 Å². The molecule has 0 saturated carbocycles. The zero-order chi connectivity index (χ0) is 12.5. The first-order chi connectivity index (χ1) is 8.79. The molecule has 4 nitrogen and oxygen atoms in total. The molecular weight excluding hydrogens is 228 g/mol. The first-order valence-corrected chi connectivity index (χ1v) is 5.83. The van der Waals surface area contributed by atoms with Crippen molar-refractivity contribution in [3.63, 3.8) is 0 Å². The number of fused-ring (bicyclic) bond motifs is 1. The van der Waals surface area contributed by atoms with Gasteiger partial charge in [0.25, 0.3) is 0 Å². The van der Waals surface area contributed by atoms with E-state index in [-0.39, 0.29) is 5.88 Å². The number of ether oxygens (including phenoxy) is 1. The molecule has 0 spiro atoms. The molecule has 18 heavy (non-hydrogen) atoms. The van der Waals surface area contributed by atoms with Crippen LogP contribution >= 0.6 is 0 Å². The predicted octanol–water partition coefficient (Wildman–Crippen LogP) is 2.73. The Hall–Kier alpha value is -2.41. The molecule has 0 bridgehead atoms. The van der Waals surface area contributed by atoms with E-state index in [1.807, 2.05) is 18.2 Å². The minimum Gasteiger partial charge on any atom is -0.493 e. The SMILES string of the molecule is N#Cc1c(-c2ccc3c(c2)CCCO3)coc1N. The molecule has 0 unspecified atom stereocenters. The van der Waals surface area contributed by atoms with Crippen LogP contribution in [0.25, 0.3) is 11.1 Å². The first kappa shape index (κ1) is 10.7. The van der Waals surface area contributed by atoms with Gasteiger partial charge in [0.1, 0.15) is 23.6 Å². The van der Waals surface area contributed by atoms with E-state index in [0.29, 0.717) is 5.56 Å². The predicted molar refractivity (Wildman–Crippen MR) is 67.1 cm³/mol. The van der Waals surface area contributed by atoms with Gasteiger partial charge in [-0.15, -0.1) is 0 Å². The summed E-state index contributed by atoms with van der Waals surface area (Å²) < 4.78 is 10.7. The highest BCUT2D eigenvalue weighted by atomic mass is 16.5. The number of nitrogens with two attached hydrogens (primary N) is 1. The van der Waals surface area contributed by atoms with Crippen molar-refractivity contribution in [2.24, 2.45) is 0 Å². The molecule has 2 N–H and O–H groups in total. The number of nitrogen functional groups attached to an aromatic ring is 1. The van der Waals surface area contributed by atoms with E-state index < -0.39 is 0 Å². The van der Waals surface area contributed by atoms with Crippen molar-refractivity contribution in [1.29, 1.82) is 5.26 Å². The highest BCUT2D eigenvalue weighted by molar-refractivity contribution is 5.75. The van der Waals surface area contributed by atoms with Crippen molar-refractivity contribution >= 4 is 5.88 Å². The summed E-state index contributed by atoms with van der Waals surface area (Å²) in [4.78, 5) is 0. The molecule has 0 radical (unpaired) electrons. The molecule has 0 amide bonds. The maximum absolute atomic E-state index is 9.07. The Morgan fingerprint density at radius 2 is 2.22 bits per heavy atom. The number of hydrogen-bond donors (Lipinski definition) is 1. The maximum Gasteiger partial charge on any atom is 0.208 e. The van der Waals surface area contributed by atoms with E-state index in [9.17, 15) is 0 Å². The highest BCUT2D eigenvalue weighted by Gasteiger charge is 2.16. The Morgan fingerprint density at radius 3 is 3.06 bits per heavy atom. The quantitative estimate of drug-likeness (QED) is 0.831. The van der Waals surface area contributed by atoms with E-state index >= 15 is 0 Å². The standard InChI is InChI=1S/C14H12N2O2/c15-7-11-12(8-18-14(11)16)9-3-4-13-10(6-9)2-1-5-17-13/h3-4,6,8H,1-2,5,16H2. The summed E-state index contributed by atoms with van der Waals surface area (Å²) >= 11 is 0. The molecule has 1 aromatic carbocycles. The van der Waals surface area contributed by atoms with Gasteiger partial charge in [-0.05, 0) is 36.1 Å². The van der Waals surface area contributed by atoms with Crippen molar-refractivity contribution in [2.75, 3.05) is 12.3 Å². The summed E-state index contributed by atoms with van der Waals surface area (Å²) in [7, 11) is 0. The Morgan fingerprint density at radius 1 is 1.33 bits per heavy atom. The number of furan rings is 1. The van der Waals surface area contributed by atoms with Crippen molar-refractivity contribution in [3.05, 3.63) is 35.6 Å². The second kappa shape index (κ2) is 4.11. The molecular formula is C14H12N2O2. The third-order valence-corrected chi connectivity index (χ3v) is 3.15. The lowest BCUT2D eigenvalue weighted by atomic mass is 9.98. The van der Waals surface area contributed by atoms with Gasteiger partial charge in [0.2, 0.25) is 5.88 Å². The van der Waals surface area contributed by atoms with Gasteiger partial charge in [0.15, 0.2) is 0 Å². The highest BCUT2D eigenvalue weighted by Crippen LogP contribution is 2.33. The number of nitrogens with zero attached hydrogens (tertiary/aromatic N) is 1. The van der Waals surface area contributed by atoms with Crippen LogP contribution in [0.1, 0.15) is 17.5 Å². The fourth-order valence-electron chi connectivity index (χ4n) is 2.23. The zero-order valence-electron chi connectivity index (χ0n) is 9.77. The van der Waals surface area contributed by atoms with Crippen LogP contribution in [0.5, 0.6) is 5.75 Å². The van der Waals surface area contributed by atoms with Crippen molar-refractivity contribution in [3.8, 4) is 22.9 Å². The number of aryl methyl sites for hydroxylation is 1. The summed E-state index contributed by atoms with van der Waals surface area (Å²) in [5, 5.41) is 9.07. The van der Waals surface area contributed by atoms with Gasteiger partial charge in [0, 0.05) is 5.56 Å². The molecule has 0 atom stereocenters. The van der Waals surface area contributed by atoms with Crippen LogP contribution < -0.4 is 10.5 Å². The van der Waals surface area contributed by atoms with Crippen LogP contribution in [-0.2, 0) is 6.42 Å². The van der Waals surface area contributed by atoms with E-state index in [1.54, 1.807) is 0 Å². The summed E-state index contributed by atoms with van der Waals surface area (Å²) in [6, 6.07) is 7.98. The van der Waals surface area contributed by atoms with Crippen LogP contribution in [0.15, 0.2) is 28.9 Å². The summed E-state index contributed by atoms with van der Waals surface area (Å²) in [6.45, 7) is 0.772. The third kappa shape index (κ3) is 1.61. The van der Waals surface area contributed by atoms with Crippen LogP contribution in [0.4, 0.5) is 5.88 Å². The average molecular weight is 240 g/mol.